The Bertz CT molecular complexity index is 2560. The van der Waals surface area contributed by atoms with Crippen LogP contribution in [0.1, 0.15) is 54.8 Å². The largest absolute Gasteiger partial charge is 0.508 e. The minimum atomic E-state index is -2.33. The molecule has 3 heterocycles. The third-order valence-electron chi connectivity index (χ3n) is 9.06. The predicted octanol–water partition coefficient (Wildman–Crippen LogP) is 11.0. The molecule has 0 aliphatic rings. The number of nitrogens with zero attached hydrogens (tertiary/aromatic N) is 4. The molecule has 0 saturated carbocycles. The van der Waals surface area contributed by atoms with Gasteiger partial charge in [-0.2, -0.15) is 12.1 Å². The standard InChI is InChI=1S/C43H37N4O.Pt/c1-28(2)34-15-11-16-35(29(3)4)43(34)30-22-23-44-42(24-30)47-38-17-7-6-14-36(38)37-21-20-33(26-41(37)47)48-32-13-10-12-31(25-32)46-27-45(5)39-18-8-9-19-40(39)46;/h6-24,27-29H,1-5H3;/q-1;/i5D3;. The molecule has 0 spiro atoms. The van der Waals surface area contributed by atoms with E-state index >= 15 is 0 Å². The number of hydrogen-bond donors (Lipinski definition) is 0. The Balaban J connectivity index is 0.00000420. The summed E-state index contributed by atoms with van der Waals surface area (Å²) in [6.45, 7) is 6.65. The van der Waals surface area contributed by atoms with Gasteiger partial charge in [-0.15, -0.1) is 29.7 Å². The van der Waals surface area contributed by atoms with Crippen LogP contribution in [0, 0.1) is 12.1 Å². The average Bonchev–Trinajstić information content (AvgIpc) is 3.68. The number of ether oxygens (including phenoxy) is 1. The molecule has 0 amide bonds. The van der Waals surface area contributed by atoms with Gasteiger partial charge in [0.2, 0.25) is 0 Å². The molecule has 0 aliphatic heterocycles. The van der Waals surface area contributed by atoms with Gasteiger partial charge in [0.1, 0.15) is 5.82 Å². The van der Waals surface area contributed by atoms with Crippen LogP contribution >= 0.6 is 0 Å². The average molecular weight is 824 g/mol. The van der Waals surface area contributed by atoms with Gasteiger partial charge >= 0.3 is 0 Å². The number of pyridine rings is 1. The first kappa shape index (κ1) is 29.0. The van der Waals surface area contributed by atoms with E-state index in [1.807, 2.05) is 59.3 Å². The molecule has 8 aromatic rings. The van der Waals surface area contributed by atoms with Gasteiger partial charge in [-0.25, -0.2) is 14.1 Å². The molecule has 246 valence electrons. The van der Waals surface area contributed by atoms with Gasteiger partial charge in [-0.05, 0) is 69.8 Å². The molecule has 8 rings (SSSR count). The van der Waals surface area contributed by atoms with Crippen LogP contribution in [0.2, 0.25) is 0 Å². The molecule has 0 atom stereocenters. The smallest absolute Gasteiger partial charge is 0.188 e. The Kier molecular flexibility index (Phi) is 7.77. The first-order valence-electron chi connectivity index (χ1n) is 17.9. The molecule has 5 aromatic carbocycles. The number of fused-ring (bicyclic) bond motifs is 4. The maximum Gasteiger partial charge on any atom is 0.188 e. The summed E-state index contributed by atoms with van der Waals surface area (Å²) in [5, 5.41) is 2.14. The summed E-state index contributed by atoms with van der Waals surface area (Å²) in [5.41, 5.74) is 8.95. The van der Waals surface area contributed by atoms with Crippen molar-refractivity contribution in [2.45, 2.75) is 39.5 Å². The molecule has 6 heteroatoms. The molecule has 0 aliphatic carbocycles. The van der Waals surface area contributed by atoms with E-state index in [9.17, 15) is 0 Å². The summed E-state index contributed by atoms with van der Waals surface area (Å²) in [5.74, 6) is 2.54. The summed E-state index contributed by atoms with van der Waals surface area (Å²) >= 11 is 0. The predicted molar refractivity (Wildman–Crippen MR) is 197 cm³/mol. The summed E-state index contributed by atoms with van der Waals surface area (Å²) in [4.78, 5) is 4.91. The van der Waals surface area contributed by atoms with E-state index in [1.165, 1.54) is 21.3 Å². The van der Waals surface area contributed by atoms with Crippen LogP contribution in [0.4, 0.5) is 0 Å². The molecular weight excluding hydrogens is 784 g/mol. The fourth-order valence-electron chi connectivity index (χ4n) is 6.81. The van der Waals surface area contributed by atoms with Crippen LogP contribution in [0.5, 0.6) is 11.5 Å². The van der Waals surface area contributed by atoms with Crippen LogP contribution in [0.3, 0.4) is 0 Å². The number of imidazole rings is 1. The van der Waals surface area contributed by atoms with E-state index < -0.39 is 6.98 Å². The number of hydrogen-bond acceptors (Lipinski definition) is 2. The van der Waals surface area contributed by atoms with Crippen molar-refractivity contribution in [3.8, 4) is 34.1 Å². The normalized spacial score (nSPS) is 12.7. The fourth-order valence-corrected chi connectivity index (χ4v) is 6.81. The summed E-state index contributed by atoms with van der Waals surface area (Å²) in [6.07, 6.45) is 3.49. The van der Waals surface area contributed by atoms with E-state index in [0.29, 0.717) is 34.5 Å². The first-order chi connectivity index (χ1) is 24.6. The van der Waals surface area contributed by atoms with Gasteiger partial charge < -0.3 is 9.30 Å². The fraction of sp³-hybridized carbons (Fsp3) is 0.163. The zero-order chi connectivity index (χ0) is 35.4. The number of rotatable bonds is 7. The number of aromatic nitrogens is 4. The first-order valence-corrected chi connectivity index (χ1v) is 16.4. The third kappa shape index (κ3) is 5.76. The van der Waals surface area contributed by atoms with Crippen molar-refractivity contribution in [3.05, 3.63) is 145 Å². The summed E-state index contributed by atoms with van der Waals surface area (Å²) in [7, 11) is 0. The number of aryl methyl sites for hydroxylation is 1. The Labute approximate surface area is 305 Å². The van der Waals surface area contributed by atoms with Crippen molar-refractivity contribution in [3.63, 3.8) is 0 Å². The zero-order valence-corrected chi connectivity index (χ0v) is 30.0. The molecule has 49 heavy (non-hydrogen) atoms. The van der Waals surface area contributed by atoms with Crippen molar-refractivity contribution in [1.82, 2.24) is 18.7 Å². The van der Waals surface area contributed by atoms with Crippen LogP contribution in [-0.2, 0) is 28.0 Å². The van der Waals surface area contributed by atoms with E-state index in [1.54, 1.807) is 12.4 Å². The molecule has 5 nitrogen and oxygen atoms in total. The van der Waals surface area contributed by atoms with E-state index in [4.69, 9.17) is 13.8 Å². The van der Waals surface area contributed by atoms with Crippen LogP contribution in [-0.4, -0.2) is 18.7 Å². The van der Waals surface area contributed by atoms with Gasteiger partial charge in [0, 0.05) is 73.2 Å². The maximum absolute atomic E-state index is 8.05. The van der Waals surface area contributed by atoms with E-state index in [-0.39, 0.29) is 21.1 Å². The quantitative estimate of drug-likeness (QED) is 0.150. The van der Waals surface area contributed by atoms with Gasteiger partial charge in [0.25, 0.3) is 0 Å². The Morgan fingerprint density at radius 3 is 2.16 bits per heavy atom. The molecule has 3 aromatic heterocycles. The van der Waals surface area contributed by atoms with Crippen LogP contribution < -0.4 is 4.74 Å². The second-order valence-electron chi connectivity index (χ2n) is 12.8. The summed E-state index contributed by atoms with van der Waals surface area (Å²) in [6, 6.07) is 43.2. The van der Waals surface area contributed by atoms with Gasteiger partial charge in [-0.1, -0.05) is 75.7 Å². The minimum Gasteiger partial charge on any atom is -0.508 e. The Hall–Kier alpha value is -4.99. The van der Waals surface area contributed by atoms with E-state index in [0.717, 1.165) is 38.7 Å². The molecular formula is C43H37N4OPt-. The second kappa shape index (κ2) is 13.1. The van der Waals surface area contributed by atoms with Crippen molar-refractivity contribution in [2.24, 2.45) is 6.98 Å². The van der Waals surface area contributed by atoms with Gasteiger partial charge in [-0.3, -0.25) is 0 Å². The molecule has 0 saturated heterocycles. The monoisotopic (exact) mass is 823 g/mol. The molecule has 0 radical (unpaired) electrons. The summed E-state index contributed by atoms with van der Waals surface area (Å²) < 4.78 is 35.9. The molecule has 0 N–H and O–H groups in total. The maximum atomic E-state index is 8.05. The van der Waals surface area contributed by atoms with Gasteiger partial charge in [0.15, 0.2) is 17.4 Å². The minimum absolute atomic E-state index is 0. The number of para-hydroxylation sites is 3. The Morgan fingerprint density at radius 2 is 1.41 bits per heavy atom. The van der Waals surface area contributed by atoms with Gasteiger partial charge in [0.05, 0.1) is 0 Å². The van der Waals surface area contributed by atoms with E-state index in [2.05, 4.69) is 99.0 Å². The number of benzene rings is 5. The Morgan fingerprint density at radius 1 is 0.714 bits per heavy atom. The van der Waals surface area contributed by atoms with Crippen LogP contribution in [0.15, 0.2) is 122 Å². The zero-order valence-electron chi connectivity index (χ0n) is 30.7. The van der Waals surface area contributed by atoms with Crippen molar-refractivity contribution in [1.29, 1.82) is 0 Å². The molecule has 0 fully saturated rings. The second-order valence-corrected chi connectivity index (χ2v) is 12.8. The molecule has 0 bridgehead atoms. The van der Waals surface area contributed by atoms with Crippen LogP contribution in [0.25, 0.3) is 55.5 Å². The van der Waals surface area contributed by atoms with Crippen molar-refractivity contribution < 1.29 is 29.9 Å². The van der Waals surface area contributed by atoms with Crippen molar-refractivity contribution >= 4 is 32.8 Å². The third-order valence-corrected chi connectivity index (χ3v) is 9.06. The van der Waals surface area contributed by atoms with Crippen molar-refractivity contribution in [2.75, 3.05) is 0 Å². The SMILES string of the molecule is [2H]C([2H])([2H])n1[cH+]n(-c2[c-]c(Oc3[c-]c4c(cc3)c3ccccc3n4-c3cc(-c4c(C(C)C)cccc4C(C)C)ccn3)ccc2)c2ccccc21.[Pt]. The topological polar surface area (TPSA) is 36.9 Å². The molecule has 0 unspecified atom stereocenters.